The Bertz CT molecular complexity index is 582. The van der Waals surface area contributed by atoms with E-state index in [1.165, 1.54) is 3.57 Å². The summed E-state index contributed by atoms with van der Waals surface area (Å²) < 4.78 is 6.71. The van der Waals surface area contributed by atoms with Crippen LogP contribution in [0, 0.1) is 10.5 Å². The number of nitrogens with zero attached hydrogens (tertiary/aromatic N) is 1. The van der Waals surface area contributed by atoms with Crippen molar-refractivity contribution < 1.29 is 9.53 Å². The van der Waals surface area contributed by atoms with Crippen LogP contribution in [-0.4, -0.2) is 24.0 Å². The van der Waals surface area contributed by atoms with Crippen LogP contribution in [0.1, 0.15) is 11.3 Å². The number of amides is 1. The molecule has 4 nitrogen and oxygen atoms in total. The number of nitrogens with one attached hydrogen (secondary N) is 1. The highest BCUT2D eigenvalue weighted by Gasteiger charge is 2.03. The monoisotopic (exact) mass is 396 g/mol. The van der Waals surface area contributed by atoms with Gasteiger partial charge in [-0.05, 0) is 65.4 Å². The third-order valence-electron chi connectivity index (χ3n) is 2.84. The number of ether oxygens (including phenoxy) is 1. The first-order valence-corrected chi connectivity index (χ1v) is 7.78. The molecule has 0 saturated heterocycles. The lowest BCUT2D eigenvalue weighted by atomic mass is 10.2. The van der Waals surface area contributed by atoms with Gasteiger partial charge in [-0.3, -0.25) is 9.78 Å². The summed E-state index contributed by atoms with van der Waals surface area (Å²) in [6.45, 7) is 2.87. The predicted molar refractivity (Wildman–Crippen MR) is 90.3 cm³/mol. The Labute approximate surface area is 138 Å². The first-order chi connectivity index (χ1) is 10.1. The fourth-order valence-electron chi connectivity index (χ4n) is 1.74. The van der Waals surface area contributed by atoms with Crippen molar-refractivity contribution >= 4 is 28.5 Å². The molecular weight excluding hydrogens is 379 g/mol. The van der Waals surface area contributed by atoms with E-state index < -0.39 is 0 Å². The highest BCUT2D eigenvalue weighted by Crippen LogP contribution is 2.12. The summed E-state index contributed by atoms with van der Waals surface area (Å²) in [4.78, 5) is 15.9. The zero-order valence-electron chi connectivity index (χ0n) is 11.8. The zero-order chi connectivity index (χ0) is 15.1. The number of aromatic nitrogens is 1. The van der Waals surface area contributed by atoms with Gasteiger partial charge < -0.3 is 10.1 Å². The number of carbonyl (C=O) groups is 1. The fraction of sp³-hybridized carbons (Fsp3) is 0.250. The van der Waals surface area contributed by atoms with Crippen LogP contribution in [-0.2, 0) is 11.2 Å². The van der Waals surface area contributed by atoms with Crippen LogP contribution in [0.2, 0.25) is 0 Å². The number of hydrogen-bond donors (Lipinski definition) is 1. The molecule has 0 unspecified atom stereocenters. The van der Waals surface area contributed by atoms with E-state index in [1.807, 2.05) is 43.3 Å². The molecule has 1 N–H and O–H groups in total. The Morgan fingerprint density at radius 1 is 1.24 bits per heavy atom. The van der Waals surface area contributed by atoms with E-state index in [4.69, 9.17) is 4.74 Å². The molecule has 1 heterocycles. The molecule has 0 saturated carbocycles. The van der Waals surface area contributed by atoms with Crippen LogP contribution < -0.4 is 10.1 Å². The van der Waals surface area contributed by atoms with Crippen molar-refractivity contribution in [3.8, 4) is 5.75 Å². The Kier molecular flexibility index (Phi) is 5.98. The lowest BCUT2D eigenvalue weighted by Crippen LogP contribution is -2.29. The molecule has 0 aliphatic carbocycles. The molecule has 1 amide bonds. The third-order valence-corrected chi connectivity index (χ3v) is 3.56. The standard InChI is InChI=1S/C16H17IN2O2/c1-12-2-3-13(11-19-12)10-16(20)18-8-9-21-15-6-4-14(17)5-7-15/h2-7,11H,8-10H2,1H3,(H,18,20). The van der Waals surface area contributed by atoms with Crippen molar-refractivity contribution in [2.24, 2.45) is 0 Å². The Balaban J connectivity index is 1.67. The highest BCUT2D eigenvalue weighted by molar-refractivity contribution is 14.1. The first-order valence-electron chi connectivity index (χ1n) is 6.70. The van der Waals surface area contributed by atoms with E-state index in [2.05, 4.69) is 32.9 Å². The topological polar surface area (TPSA) is 51.2 Å². The van der Waals surface area contributed by atoms with E-state index in [0.717, 1.165) is 17.0 Å². The minimum atomic E-state index is -0.0214. The van der Waals surface area contributed by atoms with Crippen LogP contribution in [0.4, 0.5) is 0 Å². The summed E-state index contributed by atoms with van der Waals surface area (Å²) in [5.41, 5.74) is 1.86. The minimum absolute atomic E-state index is 0.0214. The van der Waals surface area contributed by atoms with E-state index in [0.29, 0.717) is 19.6 Å². The lowest BCUT2D eigenvalue weighted by Gasteiger charge is -2.08. The first kappa shape index (κ1) is 15.8. The van der Waals surface area contributed by atoms with Gasteiger partial charge in [-0.25, -0.2) is 0 Å². The van der Waals surface area contributed by atoms with Crippen LogP contribution >= 0.6 is 22.6 Å². The average Bonchev–Trinajstić information content (AvgIpc) is 2.48. The number of carbonyl (C=O) groups excluding carboxylic acids is 1. The van der Waals surface area contributed by atoms with E-state index in [-0.39, 0.29) is 5.91 Å². The minimum Gasteiger partial charge on any atom is -0.492 e. The zero-order valence-corrected chi connectivity index (χ0v) is 14.0. The van der Waals surface area contributed by atoms with Crippen molar-refractivity contribution in [2.45, 2.75) is 13.3 Å². The maximum atomic E-state index is 11.8. The molecular formula is C16H17IN2O2. The number of hydrogen-bond acceptors (Lipinski definition) is 3. The smallest absolute Gasteiger partial charge is 0.224 e. The van der Waals surface area contributed by atoms with Gasteiger partial charge >= 0.3 is 0 Å². The van der Waals surface area contributed by atoms with Crippen molar-refractivity contribution in [3.05, 3.63) is 57.4 Å². The van der Waals surface area contributed by atoms with Gasteiger partial charge in [0.15, 0.2) is 0 Å². The number of halogens is 1. The van der Waals surface area contributed by atoms with Gasteiger partial charge in [0.25, 0.3) is 0 Å². The molecule has 110 valence electrons. The molecule has 21 heavy (non-hydrogen) atoms. The van der Waals surface area contributed by atoms with Gasteiger partial charge in [0.05, 0.1) is 13.0 Å². The van der Waals surface area contributed by atoms with Crippen LogP contribution in [0.5, 0.6) is 5.75 Å². The van der Waals surface area contributed by atoms with E-state index in [9.17, 15) is 4.79 Å². The van der Waals surface area contributed by atoms with Crippen molar-refractivity contribution in [1.29, 1.82) is 0 Å². The maximum absolute atomic E-state index is 11.8. The highest BCUT2D eigenvalue weighted by atomic mass is 127. The van der Waals surface area contributed by atoms with Gasteiger partial charge in [-0.1, -0.05) is 6.07 Å². The molecule has 0 radical (unpaired) electrons. The summed E-state index contributed by atoms with van der Waals surface area (Å²) in [6, 6.07) is 11.6. The quantitative estimate of drug-likeness (QED) is 0.604. The molecule has 1 aromatic carbocycles. The Morgan fingerprint density at radius 2 is 2.00 bits per heavy atom. The summed E-state index contributed by atoms with van der Waals surface area (Å²) in [5, 5.41) is 2.83. The summed E-state index contributed by atoms with van der Waals surface area (Å²) in [5.74, 6) is 0.791. The predicted octanol–water partition coefficient (Wildman–Crippen LogP) is 2.73. The second-order valence-electron chi connectivity index (χ2n) is 4.64. The average molecular weight is 396 g/mol. The second-order valence-corrected chi connectivity index (χ2v) is 5.88. The van der Waals surface area contributed by atoms with Gasteiger partial charge in [-0.15, -0.1) is 0 Å². The molecule has 5 heteroatoms. The third kappa shape index (κ3) is 5.71. The molecule has 2 rings (SSSR count). The van der Waals surface area contributed by atoms with E-state index >= 15 is 0 Å². The van der Waals surface area contributed by atoms with Crippen LogP contribution in [0.15, 0.2) is 42.6 Å². The molecule has 0 spiro atoms. The SMILES string of the molecule is Cc1ccc(CC(=O)NCCOc2ccc(I)cc2)cn1. The fourth-order valence-corrected chi connectivity index (χ4v) is 2.10. The number of aryl methyl sites for hydroxylation is 1. The summed E-state index contributed by atoms with van der Waals surface area (Å²) >= 11 is 2.24. The molecule has 0 aliphatic rings. The summed E-state index contributed by atoms with van der Waals surface area (Å²) in [7, 11) is 0. The van der Waals surface area contributed by atoms with Crippen LogP contribution in [0.3, 0.4) is 0 Å². The van der Waals surface area contributed by atoms with Gasteiger partial charge in [0, 0.05) is 15.5 Å². The molecule has 0 aliphatic heterocycles. The second kappa shape index (κ2) is 7.97. The number of benzene rings is 1. The largest absolute Gasteiger partial charge is 0.492 e. The molecule has 2 aromatic rings. The van der Waals surface area contributed by atoms with Crippen molar-refractivity contribution in [3.63, 3.8) is 0 Å². The Hall–Kier alpha value is -1.63. The van der Waals surface area contributed by atoms with Crippen LogP contribution in [0.25, 0.3) is 0 Å². The van der Waals surface area contributed by atoms with E-state index in [1.54, 1.807) is 6.20 Å². The molecule has 0 fully saturated rings. The number of pyridine rings is 1. The van der Waals surface area contributed by atoms with Gasteiger partial charge in [0.1, 0.15) is 12.4 Å². The maximum Gasteiger partial charge on any atom is 0.224 e. The summed E-state index contributed by atoms with van der Waals surface area (Å²) in [6.07, 6.45) is 2.08. The Morgan fingerprint density at radius 3 is 2.67 bits per heavy atom. The molecule has 1 aromatic heterocycles. The normalized spacial score (nSPS) is 10.2. The lowest BCUT2D eigenvalue weighted by molar-refractivity contribution is -0.120. The van der Waals surface area contributed by atoms with Crippen molar-refractivity contribution in [1.82, 2.24) is 10.3 Å². The molecule has 0 bridgehead atoms. The van der Waals surface area contributed by atoms with Crippen molar-refractivity contribution in [2.75, 3.05) is 13.2 Å². The molecule has 0 atom stereocenters. The van der Waals surface area contributed by atoms with Gasteiger partial charge in [-0.2, -0.15) is 0 Å². The van der Waals surface area contributed by atoms with Gasteiger partial charge in [0.2, 0.25) is 5.91 Å². The number of rotatable bonds is 6.